The van der Waals surface area contributed by atoms with E-state index in [0.29, 0.717) is 24.8 Å². The molecular formula is C21H23N3O2. The number of hydrogen-bond acceptors (Lipinski definition) is 3. The van der Waals surface area contributed by atoms with Crippen LogP contribution in [0.2, 0.25) is 0 Å². The maximum atomic E-state index is 12.2. The minimum Gasteiger partial charge on any atom is -0.461 e. The molecule has 2 heterocycles. The third-order valence-electron chi connectivity index (χ3n) is 4.95. The van der Waals surface area contributed by atoms with E-state index in [4.69, 9.17) is 4.42 Å². The molecule has 1 saturated carbocycles. The lowest BCUT2D eigenvalue weighted by atomic mass is 9.80. The number of nitrogens with one attached hydrogen (secondary N) is 1. The Balaban J connectivity index is 1.19. The normalized spacial score (nSPS) is 19.1. The van der Waals surface area contributed by atoms with Gasteiger partial charge in [-0.15, -0.1) is 0 Å². The van der Waals surface area contributed by atoms with Crippen LogP contribution in [0.3, 0.4) is 0 Å². The molecule has 1 aliphatic rings. The van der Waals surface area contributed by atoms with Crippen LogP contribution in [0.1, 0.15) is 25.0 Å². The second kappa shape index (κ2) is 7.60. The lowest BCUT2D eigenvalue weighted by Crippen LogP contribution is -2.45. The number of imidazole rings is 1. The molecule has 5 heteroatoms. The summed E-state index contributed by atoms with van der Waals surface area (Å²) in [4.78, 5) is 16.2. The van der Waals surface area contributed by atoms with Gasteiger partial charge in [-0.25, -0.2) is 4.98 Å². The van der Waals surface area contributed by atoms with Gasteiger partial charge in [-0.05, 0) is 30.9 Å². The van der Waals surface area contributed by atoms with Crippen LogP contribution in [-0.2, 0) is 17.8 Å². The third kappa shape index (κ3) is 4.04. The smallest absolute Gasteiger partial charge is 0.220 e. The molecule has 1 N–H and O–H groups in total. The van der Waals surface area contributed by atoms with Crippen LogP contribution < -0.4 is 5.32 Å². The fourth-order valence-electron chi connectivity index (χ4n) is 3.50. The Labute approximate surface area is 153 Å². The van der Waals surface area contributed by atoms with Crippen molar-refractivity contribution in [1.29, 1.82) is 0 Å². The Morgan fingerprint density at radius 3 is 2.81 bits per heavy atom. The minimum absolute atomic E-state index is 0.105. The second-order valence-electron chi connectivity index (χ2n) is 6.99. The molecule has 0 aliphatic heterocycles. The molecule has 5 nitrogen and oxygen atoms in total. The van der Waals surface area contributed by atoms with Crippen LogP contribution in [0.15, 0.2) is 65.6 Å². The highest BCUT2D eigenvalue weighted by Crippen LogP contribution is 2.29. The molecule has 0 atom stereocenters. The number of aromatic nitrogens is 2. The zero-order valence-corrected chi connectivity index (χ0v) is 14.7. The minimum atomic E-state index is 0.105. The lowest BCUT2D eigenvalue weighted by molar-refractivity contribution is -0.122. The summed E-state index contributed by atoms with van der Waals surface area (Å²) >= 11 is 0. The Bertz CT molecular complexity index is 833. The number of carbonyl (C=O) groups excluding carboxylic acids is 1. The second-order valence-corrected chi connectivity index (χ2v) is 6.99. The highest BCUT2D eigenvalue weighted by molar-refractivity contribution is 5.76. The molecule has 0 bridgehead atoms. The molecule has 0 unspecified atom stereocenters. The van der Waals surface area contributed by atoms with Crippen LogP contribution in [0.4, 0.5) is 0 Å². The van der Waals surface area contributed by atoms with E-state index in [2.05, 4.69) is 14.9 Å². The number of benzene rings is 1. The molecule has 26 heavy (non-hydrogen) atoms. The first-order chi connectivity index (χ1) is 12.8. The van der Waals surface area contributed by atoms with E-state index in [1.165, 1.54) is 0 Å². The molecule has 1 amide bonds. The number of hydrogen-bond donors (Lipinski definition) is 1. The van der Waals surface area contributed by atoms with Crippen molar-refractivity contribution in [1.82, 2.24) is 14.9 Å². The summed E-state index contributed by atoms with van der Waals surface area (Å²) in [5.41, 5.74) is 1.06. The first-order valence-corrected chi connectivity index (χ1v) is 9.15. The van der Waals surface area contributed by atoms with Crippen molar-refractivity contribution in [2.24, 2.45) is 5.92 Å². The SMILES string of the molecule is O=C(CCc1ccc(-c2ccccc2)o1)NC1CC(Cn2ccnc2)C1. The van der Waals surface area contributed by atoms with Gasteiger partial charge in [-0.3, -0.25) is 4.79 Å². The van der Waals surface area contributed by atoms with Gasteiger partial charge in [-0.2, -0.15) is 0 Å². The molecular weight excluding hydrogens is 326 g/mol. The summed E-state index contributed by atoms with van der Waals surface area (Å²) in [5, 5.41) is 3.13. The molecule has 1 aliphatic carbocycles. The highest BCUT2D eigenvalue weighted by atomic mass is 16.3. The van der Waals surface area contributed by atoms with Crippen LogP contribution >= 0.6 is 0 Å². The Morgan fingerprint density at radius 2 is 2.04 bits per heavy atom. The van der Waals surface area contributed by atoms with Crippen LogP contribution in [-0.4, -0.2) is 21.5 Å². The van der Waals surface area contributed by atoms with Crippen molar-refractivity contribution in [3.8, 4) is 11.3 Å². The first kappa shape index (κ1) is 16.6. The number of carbonyl (C=O) groups is 1. The van der Waals surface area contributed by atoms with E-state index in [0.717, 1.165) is 36.5 Å². The standard InChI is InChI=1S/C21H23N3O2/c25-21(23-18-12-16(13-18)14-24-11-10-22-15-24)9-7-19-6-8-20(26-19)17-4-2-1-3-5-17/h1-6,8,10-11,15-16,18H,7,9,12-14H2,(H,23,25). The number of furan rings is 1. The molecule has 0 radical (unpaired) electrons. The van der Waals surface area contributed by atoms with Gasteiger partial charge in [0.15, 0.2) is 0 Å². The Hall–Kier alpha value is -2.82. The van der Waals surface area contributed by atoms with Gasteiger partial charge in [0.05, 0.1) is 6.33 Å². The maximum Gasteiger partial charge on any atom is 0.220 e. The van der Waals surface area contributed by atoms with Crippen molar-refractivity contribution in [2.45, 2.75) is 38.3 Å². The molecule has 1 fully saturated rings. The van der Waals surface area contributed by atoms with Crippen molar-refractivity contribution in [3.63, 3.8) is 0 Å². The molecule has 0 saturated heterocycles. The zero-order valence-electron chi connectivity index (χ0n) is 14.7. The number of rotatable bonds is 7. The van der Waals surface area contributed by atoms with Crippen molar-refractivity contribution in [2.75, 3.05) is 0 Å². The van der Waals surface area contributed by atoms with Gasteiger partial charge in [0.2, 0.25) is 5.91 Å². The fourth-order valence-corrected chi connectivity index (χ4v) is 3.50. The molecule has 2 aromatic heterocycles. The van der Waals surface area contributed by atoms with Crippen LogP contribution in [0.5, 0.6) is 0 Å². The van der Waals surface area contributed by atoms with Crippen LogP contribution in [0, 0.1) is 5.92 Å². The Morgan fingerprint density at radius 1 is 1.19 bits per heavy atom. The van der Waals surface area contributed by atoms with Crippen LogP contribution in [0.25, 0.3) is 11.3 Å². The van der Waals surface area contributed by atoms with Gasteiger partial charge in [0.25, 0.3) is 0 Å². The van der Waals surface area contributed by atoms with Crippen molar-refractivity contribution in [3.05, 3.63) is 66.9 Å². The summed E-state index contributed by atoms with van der Waals surface area (Å²) in [6, 6.07) is 14.2. The van der Waals surface area contributed by atoms with Crippen molar-refractivity contribution < 1.29 is 9.21 Å². The highest BCUT2D eigenvalue weighted by Gasteiger charge is 2.30. The molecule has 0 spiro atoms. The number of nitrogens with zero attached hydrogens (tertiary/aromatic N) is 2. The zero-order chi connectivity index (χ0) is 17.8. The summed E-state index contributed by atoms with van der Waals surface area (Å²) in [5.74, 6) is 2.44. The van der Waals surface area contributed by atoms with Gasteiger partial charge < -0.3 is 14.3 Å². The van der Waals surface area contributed by atoms with Gasteiger partial charge in [0, 0.05) is 43.4 Å². The van der Waals surface area contributed by atoms with Gasteiger partial charge >= 0.3 is 0 Å². The van der Waals surface area contributed by atoms with E-state index in [1.54, 1.807) is 6.20 Å². The molecule has 1 aromatic carbocycles. The predicted molar refractivity (Wildman–Crippen MR) is 99.3 cm³/mol. The predicted octanol–water partition coefficient (Wildman–Crippen LogP) is 3.67. The van der Waals surface area contributed by atoms with Crippen molar-refractivity contribution >= 4 is 5.91 Å². The summed E-state index contributed by atoms with van der Waals surface area (Å²) in [6.07, 6.45) is 8.81. The number of aryl methyl sites for hydroxylation is 1. The lowest BCUT2D eigenvalue weighted by Gasteiger charge is -2.36. The topological polar surface area (TPSA) is 60.1 Å². The van der Waals surface area contributed by atoms with E-state index in [1.807, 2.05) is 55.0 Å². The fraction of sp³-hybridized carbons (Fsp3) is 0.333. The maximum absolute atomic E-state index is 12.2. The van der Waals surface area contributed by atoms with Gasteiger partial charge in [0.1, 0.15) is 11.5 Å². The van der Waals surface area contributed by atoms with E-state index >= 15 is 0 Å². The molecule has 3 aromatic rings. The quantitative estimate of drug-likeness (QED) is 0.708. The summed E-state index contributed by atoms with van der Waals surface area (Å²) < 4.78 is 7.95. The first-order valence-electron chi connectivity index (χ1n) is 9.15. The molecule has 4 rings (SSSR count). The monoisotopic (exact) mass is 349 g/mol. The molecule has 134 valence electrons. The summed E-state index contributed by atoms with van der Waals surface area (Å²) in [7, 11) is 0. The summed E-state index contributed by atoms with van der Waals surface area (Å²) in [6.45, 7) is 0.987. The van der Waals surface area contributed by atoms with E-state index < -0.39 is 0 Å². The largest absolute Gasteiger partial charge is 0.461 e. The Kier molecular flexibility index (Phi) is 4.86. The van der Waals surface area contributed by atoms with E-state index in [9.17, 15) is 4.79 Å². The van der Waals surface area contributed by atoms with E-state index in [-0.39, 0.29) is 5.91 Å². The van der Waals surface area contributed by atoms with Gasteiger partial charge in [-0.1, -0.05) is 30.3 Å². The number of amides is 1. The third-order valence-corrected chi connectivity index (χ3v) is 4.95. The average Bonchev–Trinajstić information content (AvgIpc) is 3.31. The average molecular weight is 349 g/mol.